The molecule has 1 aromatic carbocycles. The highest BCUT2D eigenvalue weighted by molar-refractivity contribution is 5.67. The average Bonchev–Trinajstić information content (AvgIpc) is 2.68. The molecule has 1 aliphatic heterocycles. The van der Waals surface area contributed by atoms with Gasteiger partial charge >= 0.3 is 5.97 Å². The van der Waals surface area contributed by atoms with Gasteiger partial charge in [0.25, 0.3) is 5.88 Å². The van der Waals surface area contributed by atoms with E-state index in [0.29, 0.717) is 36.5 Å². The number of ether oxygens (including phenoxy) is 2. The lowest BCUT2D eigenvalue weighted by Gasteiger charge is -2.29. The first-order valence-electron chi connectivity index (χ1n) is 9.31. The van der Waals surface area contributed by atoms with Crippen molar-refractivity contribution in [2.24, 2.45) is 5.92 Å². The second-order valence-corrected chi connectivity index (χ2v) is 7.29. The zero-order valence-corrected chi connectivity index (χ0v) is 15.0. The van der Waals surface area contributed by atoms with Gasteiger partial charge in [0.05, 0.1) is 0 Å². The molecule has 0 bridgehead atoms. The van der Waals surface area contributed by atoms with Crippen molar-refractivity contribution < 1.29 is 19.4 Å². The third-order valence-corrected chi connectivity index (χ3v) is 5.52. The molecule has 27 heavy (non-hydrogen) atoms. The number of aliphatic carboxylic acids is 1. The first-order chi connectivity index (χ1) is 13.1. The third kappa shape index (κ3) is 3.82. The number of carboxylic acid groups (broad SMARTS) is 1. The fraction of sp³-hybridized carbons (Fsp3) is 0.450. The number of nitrogens with two attached hydrogens (primary N) is 1. The van der Waals surface area contributed by atoms with Crippen LogP contribution in [-0.4, -0.2) is 27.7 Å². The minimum atomic E-state index is -0.690. The van der Waals surface area contributed by atoms with Crippen molar-refractivity contribution in [2.75, 3.05) is 12.3 Å². The highest BCUT2D eigenvalue weighted by Crippen LogP contribution is 2.39. The number of aromatic nitrogens is 2. The Bertz CT molecular complexity index is 816. The van der Waals surface area contributed by atoms with Gasteiger partial charge in [-0.3, -0.25) is 4.79 Å². The first kappa shape index (κ1) is 17.6. The molecule has 0 saturated heterocycles. The summed E-state index contributed by atoms with van der Waals surface area (Å²) in [5, 5.41) is 8.94. The summed E-state index contributed by atoms with van der Waals surface area (Å²) in [5.74, 6) is 1.18. The van der Waals surface area contributed by atoms with Crippen LogP contribution >= 0.6 is 0 Å². The molecule has 2 aliphatic rings. The predicted octanol–water partition coefficient (Wildman–Crippen LogP) is 3.32. The number of anilines is 1. The SMILES string of the molecule is Nc1ncnc2c1O[C@@H](c1ccc(C3CCC(CC(=O)O)CC3)cc1)CO2. The number of carbonyl (C=O) groups is 1. The van der Waals surface area contributed by atoms with Crippen molar-refractivity contribution in [3.05, 3.63) is 41.7 Å². The summed E-state index contributed by atoms with van der Waals surface area (Å²) < 4.78 is 11.6. The van der Waals surface area contributed by atoms with Crippen molar-refractivity contribution in [3.63, 3.8) is 0 Å². The Hall–Kier alpha value is -2.83. The molecule has 7 heteroatoms. The van der Waals surface area contributed by atoms with E-state index in [0.717, 1.165) is 31.2 Å². The highest BCUT2D eigenvalue weighted by Gasteiger charge is 2.27. The molecule has 1 atom stereocenters. The summed E-state index contributed by atoms with van der Waals surface area (Å²) >= 11 is 0. The molecular formula is C20H23N3O4. The molecule has 1 saturated carbocycles. The van der Waals surface area contributed by atoms with Gasteiger partial charge in [0.2, 0.25) is 5.75 Å². The van der Waals surface area contributed by atoms with Crippen LogP contribution in [0.2, 0.25) is 0 Å². The molecule has 0 amide bonds. The number of carboxylic acids is 1. The second-order valence-electron chi connectivity index (χ2n) is 7.29. The molecule has 1 fully saturated rings. The van der Waals surface area contributed by atoms with Gasteiger partial charge in [0.15, 0.2) is 11.9 Å². The van der Waals surface area contributed by atoms with Crippen LogP contribution in [-0.2, 0) is 4.79 Å². The summed E-state index contributed by atoms with van der Waals surface area (Å²) in [7, 11) is 0. The number of nitrogens with zero attached hydrogens (tertiary/aromatic N) is 2. The number of nitrogen functional groups attached to an aromatic ring is 1. The summed E-state index contributed by atoms with van der Waals surface area (Å²) in [4.78, 5) is 18.8. The lowest BCUT2D eigenvalue weighted by atomic mass is 9.77. The van der Waals surface area contributed by atoms with E-state index in [-0.39, 0.29) is 11.9 Å². The van der Waals surface area contributed by atoms with Crippen molar-refractivity contribution in [1.29, 1.82) is 0 Å². The molecule has 142 valence electrons. The van der Waals surface area contributed by atoms with Crippen LogP contribution in [0.1, 0.15) is 55.3 Å². The molecule has 0 unspecified atom stereocenters. The van der Waals surface area contributed by atoms with Crippen molar-refractivity contribution in [3.8, 4) is 11.6 Å². The van der Waals surface area contributed by atoms with E-state index in [1.165, 1.54) is 11.9 Å². The number of benzene rings is 1. The van der Waals surface area contributed by atoms with Crippen molar-refractivity contribution in [1.82, 2.24) is 9.97 Å². The second kappa shape index (κ2) is 7.42. The predicted molar refractivity (Wildman–Crippen MR) is 98.7 cm³/mol. The maximum absolute atomic E-state index is 10.9. The van der Waals surface area contributed by atoms with Gasteiger partial charge in [-0.2, -0.15) is 4.98 Å². The van der Waals surface area contributed by atoms with E-state index in [2.05, 4.69) is 34.2 Å². The molecule has 1 aliphatic carbocycles. The third-order valence-electron chi connectivity index (χ3n) is 5.52. The number of hydrogen-bond acceptors (Lipinski definition) is 6. The normalized spacial score (nSPS) is 24.4. The van der Waals surface area contributed by atoms with Gasteiger partial charge in [0.1, 0.15) is 12.9 Å². The maximum atomic E-state index is 10.9. The van der Waals surface area contributed by atoms with E-state index in [1.807, 2.05) is 0 Å². The molecule has 4 rings (SSSR count). The maximum Gasteiger partial charge on any atom is 0.303 e. The summed E-state index contributed by atoms with van der Waals surface area (Å²) in [6.45, 7) is 0.378. The van der Waals surface area contributed by atoms with Crippen molar-refractivity contribution >= 4 is 11.8 Å². The molecule has 3 N–H and O–H groups in total. The van der Waals surface area contributed by atoms with Gasteiger partial charge in [-0.05, 0) is 48.6 Å². The van der Waals surface area contributed by atoms with Crippen LogP contribution in [0.15, 0.2) is 30.6 Å². The zero-order chi connectivity index (χ0) is 18.8. The van der Waals surface area contributed by atoms with E-state index in [9.17, 15) is 4.79 Å². The smallest absolute Gasteiger partial charge is 0.303 e. The Labute approximate surface area is 157 Å². The Morgan fingerprint density at radius 1 is 1.11 bits per heavy atom. The molecule has 0 radical (unpaired) electrons. The number of rotatable bonds is 4. The Morgan fingerprint density at radius 2 is 1.81 bits per heavy atom. The molecule has 1 aromatic heterocycles. The summed E-state index contributed by atoms with van der Waals surface area (Å²) in [5.41, 5.74) is 8.17. The minimum absolute atomic E-state index is 0.244. The first-order valence-corrected chi connectivity index (χ1v) is 9.31. The quantitative estimate of drug-likeness (QED) is 0.851. The van der Waals surface area contributed by atoms with Crippen LogP contribution < -0.4 is 15.2 Å². The van der Waals surface area contributed by atoms with E-state index in [1.54, 1.807) is 0 Å². The average molecular weight is 369 g/mol. The number of hydrogen-bond donors (Lipinski definition) is 2. The van der Waals surface area contributed by atoms with Crippen LogP contribution in [0, 0.1) is 5.92 Å². The van der Waals surface area contributed by atoms with Gasteiger partial charge in [-0.15, -0.1) is 0 Å². The van der Waals surface area contributed by atoms with Gasteiger partial charge < -0.3 is 20.3 Å². The lowest BCUT2D eigenvalue weighted by molar-refractivity contribution is -0.138. The summed E-state index contributed by atoms with van der Waals surface area (Å²) in [6.07, 6.45) is 5.45. The molecule has 2 heterocycles. The Balaban J connectivity index is 1.40. The fourth-order valence-corrected chi connectivity index (χ4v) is 4.01. The molecule has 2 aromatic rings. The van der Waals surface area contributed by atoms with Crippen LogP contribution in [0.5, 0.6) is 11.6 Å². The van der Waals surface area contributed by atoms with Gasteiger partial charge in [-0.25, -0.2) is 4.98 Å². The lowest BCUT2D eigenvalue weighted by Crippen LogP contribution is -2.23. The van der Waals surface area contributed by atoms with E-state index in [4.69, 9.17) is 20.3 Å². The van der Waals surface area contributed by atoms with Crippen LogP contribution in [0.25, 0.3) is 0 Å². The molecule has 0 spiro atoms. The molecule has 7 nitrogen and oxygen atoms in total. The van der Waals surface area contributed by atoms with E-state index >= 15 is 0 Å². The zero-order valence-electron chi connectivity index (χ0n) is 15.0. The van der Waals surface area contributed by atoms with Gasteiger partial charge in [0, 0.05) is 6.42 Å². The fourth-order valence-electron chi connectivity index (χ4n) is 4.01. The standard InChI is InChI=1S/C20H23N3O4/c21-19-18-20(23-11-22-19)26-10-16(27-18)15-7-5-14(6-8-15)13-3-1-12(2-4-13)9-17(24)25/h5-8,11-13,16H,1-4,9-10H2,(H,24,25)(H2,21,22,23)/t12?,13?,16-/m1/s1. The highest BCUT2D eigenvalue weighted by atomic mass is 16.6. The number of fused-ring (bicyclic) bond motifs is 1. The monoisotopic (exact) mass is 369 g/mol. The Morgan fingerprint density at radius 3 is 2.52 bits per heavy atom. The Kier molecular flexibility index (Phi) is 4.83. The van der Waals surface area contributed by atoms with Crippen molar-refractivity contribution in [2.45, 2.75) is 44.1 Å². The van der Waals surface area contributed by atoms with E-state index < -0.39 is 5.97 Å². The van der Waals surface area contributed by atoms with Gasteiger partial charge in [-0.1, -0.05) is 24.3 Å². The van der Waals surface area contributed by atoms with Crippen LogP contribution in [0.3, 0.4) is 0 Å². The summed E-state index contributed by atoms with van der Waals surface area (Å²) in [6, 6.07) is 8.41. The topological polar surface area (TPSA) is 108 Å². The van der Waals surface area contributed by atoms with Crippen LogP contribution in [0.4, 0.5) is 5.82 Å². The molecular weight excluding hydrogens is 346 g/mol. The largest absolute Gasteiger partial charge is 0.481 e. The minimum Gasteiger partial charge on any atom is -0.481 e.